The Bertz CT molecular complexity index is 657. The van der Waals surface area contributed by atoms with Gasteiger partial charge in [0.25, 0.3) is 0 Å². The second kappa shape index (κ2) is 8.15. The molecule has 0 saturated heterocycles. The summed E-state index contributed by atoms with van der Waals surface area (Å²) in [5.41, 5.74) is 2.35. The number of ether oxygens (including phenoxy) is 2. The topological polar surface area (TPSA) is 30.5 Å². The van der Waals surface area contributed by atoms with Gasteiger partial charge in [-0.2, -0.15) is 0 Å². The molecule has 2 aromatic rings. The summed E-state index contributed by atoms with van der Waals surface area (Å²) in [4.78, 5) is 0. The van der Waals surface area contributed by atoms with Crippen molar-refractivity contribution in [3.05, 3.63) is 59.4 Å². The maximum atomic E-state index is 12.9. The second-order valence-electron chi connectivity index (χ2n) is 6.12. The minimum Gasteiger partial charge on any atom is -0.496 e. The lowest BCUT2D eigenvalue weighted by molar-refractivity contribution is 0.136. The van der Waals surface area contributed by atoms with E-state index in [-0.39, 0.29) is 12.0 Å². The van der Waals surface area contributed by atoms with Crippen LogP contribution < -0.4 is 14.8 Å². The largest absolute Gasteiger partial charge is 0.496 e. The van der Waals surface area contributed by atoms with Crippen molar-refractivity contribution in [2.75, 3.05) is 13.7 Å². The fourth-order valence-corrected chi connectivity index (χ4v) is 3.09. The van der Waals surface area contributed by atoms with Gasteiger partial charge >= 0.3 is 0 Å². The van der Waals surface area contributed by atoms with E-state index in [1.54, 1.807) is 7.11 Å². The molecule has 1 heterocycles. The number of halogens is 1. The van der Waals surface area contributed by atoms with Crippen LogP contribution in [-0.4, -0.2) is 19.9 Å². The van der Waals surface area contributed by atoms with E-state index in [0.717, 1.165) is 55.7 Å². The number of benzene rings is 2. The number of unbranched alkanes of at least 4 members (excludes halogenated alkanes) is 1. The molecule has 1 unspecified atom stereocenters. The molecule has 0 aliphatic carbocycles. The third-order valence-electron chi connectivity index (χ3n) is 4.41. The highest BCUT2D eigenvalue weighted by atomic mass is 19.1. The van der Waals surface area contributed by atoms with Gasteiger partial charge in [-0.1, -0.05) is 18.2 Å². The number of hydrogen-bond acceptors (Lipinski definition) is 3. The Labute approximate surface area is 142 Å². The SMILES string of the molecule is COc1cccc2c1CCC(NCCCCc1ccc(F)cc1)O2. The monoisotopic (exact) mass is 329 g/mol. The van der Waals surface area contributed by atoms with Crippen LogP contribution in [0.5, 0.6) is 11.5 Å². The molecule has 128 valence electrons. The zero-order valence-corrected chi connectivity index (χ0v) is 14.1. The van der Waals surface area contributed by atoms with E-state index in [0.29, 0.717) is 0 Å². The van der Waals surface area contributed by atoms with E-state index < -0.39 is 0 Å². The Kier molecular flexibility index (Phi) is 5.70. The average Bonchev–Trinajstić information content (AvgIpc) is 2.62. The first-order valence-electron chi connectivity index (χ1n) is 8.56. The zero-order valence-electron chi connectivity index (χ0n) is 14.1. The maximum Gasteiger partial charge on any atom is 0.150 e. The minimum atomic E-state index is -0.174. The van der Waals surface area contributed by atoms with Crippen molar-refractivity contribution in [2.24, 2.45) is 0 Å². The third kappa shape index (κ3) is 4.26. The Balaban J connectivity index is 1.39. The van der Waals surface area contributed by atoms with E-state index in [4.69, 9.17) is 9.47 Å². The maximum absolute atomic E-state index is 12.9. The second-order valence-corrected chi connectivity index (χ2v) is 6.12. The third-order valence-corrected chi connectivity index (χ3v) is 4.41. The number of rotatable bonds is 7. The first-order valence-corrected chi connectivity index (χ1v) is 8.56. The molecule has 0 amide bonds. The van der Waals surface area contributed by atoms with Crippen molar-refractivity contribution in [2.45, 2.75) is 38.3 Å². The molecule has 2 aromatic carbocycles. The Morgan fingerprint density at radius 2 is 2.00 bits per heavy atom. The molecule has 0 saturated carbocycles. The van der Waals surface area contributed by atoms with E-state index in [9.17, 15) is 4.39 Å². The van der Waals surface area contributed by atoms with Gasteiger partial charge in [-0.05, 0) is 62.1 Å². The molecule has 0 fully saturated rings. The van der Waals surface area contributed by atoms with Crippen molar-refractivity contribution in [3.63, 3.8) is 0 Å². The van der Waals surface area contributed by atoms with Crippen LogP contribution in [0.3, 0.4) is 0 Å². The first kappa shape index (κ1) is 16.8. The van der Waals surface area contributed by atoms with E-state index >= 15 is 0 Å². The Morgan fingerprint density at radius 3 is 2.79 bits per heavy atom. The minimum absolute atomic E-state index is 0.0652. The highest BCUT2D eigenvalue weighted by molar-refractivity contribution is 5.45. The molecular weight excluding hydrogens is 305 g/mol. The average molecular weight is 329 g/mol. The van der Waals surface area contributed by atoms with Gasteiger partial charge in [-0.3, -0.25) is 5.32 Å². The summed E-state index contributed by atoms with van der Waals surface area (Å²) >= 11 is 0. The van der Waals surface area contributed by atoms with Gasteiger partial charge in [0, 0.05) is 12.0 Å². The lowest BCUT2D eigenvalue weighted by Crippen LogP contribution is -2.38. The van der Waals surface area contributed by atoms with Crippen LogP contribution in [0, 0.1) is 5.82 Å². The summed E-state index contributed by atoms with van der Waals surface area (Å²) in [6, 6.07) is 12.7. The fraction of sp³-hybridized carbons (Fsp3) is 0.400. The normalized spacial score (nSPS) is 16.3. The van der Waals surface area contributed by atoms with Gasteiger partial charge in [0.05, 0.1) is 7.11 Å². The van der Waals surface area contributed by atoms with E-state index in [2.05, 4.69) is 5.32 Å². The van der Waals surface area contributed by atoms with Gasteiger partial charge in [0.1, 0.15) is 17.3 Å². The number of fused-ring (bicyclic) bond motifs is 1. The smallest absolute Gasteiger partial charge is 0.150 e. The predicted molar refractivity (Wildman–Crippen MR) is 93.1 cm³/mol. The van der Waals surface area contributed by atoms with Crippen molar-refractivity contribution in [3.8, 4) is 11.5 Å². The first-order chi connectivity index (χ1) is 11.8. The number of aryl methyl sites for hydroxylation is 1. The Morgan fingerprint density at radius 1 is 1.17 bits per heavy atom. The van der Waals surface area contributed by atoms with Crippen LogP contribution in [0.4, 0.5) is 4.39 Å². The van der Waals surface area contributed by atoms with E-state index in [1.165, 1.54) is 17.7 Å². The molecule has 1 aliphatic heterocycles. The van der Waals surface area contributed by atoms with Crippen molar-refractivity contribution in [1.29, 1.82) is 0 Å². The molecule has 0 spiro atoms. The van der Waals surface area contributed by atoms with Gasteiger partial charge in [-0.15, -0.1) is 0 Å². The predicted octanol–water partition coefficient (Wildman–Crippen LogP) is 4.10. The van der Waals surface area contributed by atoms with Crippen LogP contribution in [0.25, 0.3) is 0 Å². The highest BCUT2D eigenvalue weighted by Gasteiger charge is 2.21. The summed E-state index contributed by atoms with van der Waals surface area (Å²) < 4.78 is 24.3. The molecule has 0 radical (unpaired) electrons. The summed E-state index contributed by atoms with van der Waals surface area (Å²) in [6.45, 7) is 0.922. The zero-order chi connectivity index (χ0) is 16.8. The van der Waals surface area contributed by atoms with Crippen LogP contribution in [-0.2, 0) is 12.8 Å². The summed E-state index contributed by atoms with van der Waals surface area (Å²) in [5, 5.41) is 3.47. The lowest BCUT2D eigenvalue weighted by Gasteiger charge is -2.27. The quantitative estimate of drug-likeness (QED) is 0.776. The van der Waals surface area contributed by atoms with Gasteiger partial charge in [0.2, 0.25) is 0 Å². The molecule has 1 aliphatic rings. The Hall–Kier alpha value is -2.07. The summed E-state index contributed by atoms with van der Waals surface area (Å²) in [5.74, 6) is 1.65. The van der Waals surface area contributed by atoms with Crippen molar-refractivity contribution >= 4 is 0 Å². The van der Waals surface area contributed by atoms with Gasteiger partial charge < -0.3 is 9.47 Å². The molecule has 0 bridgehead atoms. The number of nitrogens with one attached hydrogen (secondary N) is 1. The molecule has 4 heteroatoms. The standard InChI is InChI=1S/C20H24FNO2/c1-23-18-6-4-7-19-17(18)12-13-20(24-19)22-14-3-2-5-15-8-10-16(21)11-9-15/h4,6-11,20,22H,2-3,5,12-14H2,1H3. The molecule has 3 rings (SSSR count). The van der Waals surface area contributed by atoms with Crippen molar-refractivity contribution in [1.82, 2.24) is 5.32 Å². The fourth-order valence-electron chi connectivity index (χ4n) is 3.09. The van der Waals surface area contributed by atoms with Gasteiger partial charge in [0.15, 0.2) is 6.23 Å². The number of hydrogen-bond donors (Lipinski definition) is 1. The molecule has 24 heavy (non-hydrogen) atoms. The molecule has 1 N–H and O–H groups in total. The molecule has 1 atom stereocenters. The van der Waals surface area contributed by atoms with Crippen LogP contribution in [0.1, 0.15) is 30.4 Å². The summed E-state index contributed by atoms with van der Waals surface area (Å²) in [7, 11) is 1.70. The molecular formula is C20H24FNO2. The summed E-state index contributed by atoms with van der Waals surface area (Å²) in [6.07, 6.45) is 5.11. The molecule has 3 nitrogen and oxygen atoms in total. The van der Waals surface area contributed by atoms with Gasteiger partial charge in [-0.25, -0.2) is 4.39 Å². The number of methoxy groups -OCH3 is 1. The van der Waals surface area contributed by atoms with Crippen molar-refractivity contribution < 1.29 is 13.9 Å². The molecule has 0 aromatic heterocycles. The van der Waals surface area contributed by atoms with Crippen LogP contribution in [0.2, 0.25) is 0 Å². The van der Waals surface area contributed by atoms with Crippen LogP contribution >= 0.6 is 0 Å². The van der Waals surface area contributed by atoms with E-state index in [1.807, 2.05) is 30.3 Å². The van der Waals surface area contributed by atoms with Crippen LogP contribution in [0.15, 0.2) is 42.5 Å². The highest BCUT2D eigenvalue weighted by Crippen LogP contribution is 2.33. The lowest BCUT2D eigenvalue weighted by atomic mass is 10.0.